The van der Waals surface area contributed by atoms with Crippen molar-refractivity contribution in [1.82, 2.24) is 0 Å². The van der Waals surface area contributed by atoms with E-state index in [0.29, 0.717) is 11.4 Å². The summed E-state index contributed by atoms with van der Waals surface area (Å²) in [5.74, 6) is 0.678. The molecule has 90 valence electrons. The molecule has 0 aromatic heterocycles. The monoisotopic (exact) mass is 239 g/mol. The van der Waals surface area contributed by atoms with Crippen LogP contribution in [0.1, 0.15) is 32.8 Å². The molecule has 0 bridgehead atoms. The lowest BCUT2D eigenvalue weighted by Gasteiger charge is -2.17. The second kappa shape index (κ2) is 5.00. The Hall–Kier alpha value is -0.830. The molecular formula is C13H21NOS. The molecule has 0 fully saturated rings. The Labute approximate surface area is 101 Å². The second-order valence-corrected chi connectivity index (χ2v) is 6.89. The van der Waals surface area contributed by atoms with E-state index in [4.69, 9.17) is 5.73 Å². The molecule has 2 N–H and O–H groups in total. The Bertz CT molecular complexity index is 393. The smallest absolute Gasteiger partial charge is 0.0620 e. The van der Waals surface area contributed by atoms with Crippen molar-refractivity contribution in [2.75, 3.05) is 11.5 Å². The highest BCUT2D eigenvalue weighted by molar-refractivity contribution is 7.85. The minimum absolute atomic E-state index is 0.217. The van der Waals surface area contributed by atoms with Crippen molar-refractivity contribution in [3.8, 4) is 0 Å². The van der Waals surface area contributed by atoms with Gasteiger partial charge in [-0.1, -0.05) is 32.9 Å². The van der Waals surface area contributed by atoms with Crippen molar-refractivity contribution in [1.29, 1.82) is 0 Å². The largest absolute Gasteiger partial charge is 0.398 e. The predicted molar refractivity (Wildman–Crippen MR) is 70.9 cm³/mol. The maximum Gasteiger partial charge on any atom is 0.0620 e. The van der Waals surface area contributed by atoms with E-state index in [2.05, 4.69) is 20.8 Å². The van der Waals surface area contributed by atoms with Gasteiger partial charge in [0.2, 0.25) is 0 Å². The summed E-state index contributed by atoms with van der Waals surface area (Å²) in [6.07, 6.45) is 0.937. The number of nitrogens with two attached hydrogens (primary N) is 1. The molecule has 3 heteroatoms. The molecule has 1 rings (SSSR count). The minimum atomic E-state index is -0.977. The maximum absolute atomic E-state index is 12.1. The number of rotatable bonds is 3. The zero-order chi connectivity index (χ0) is 12.3. The molecule has 0 radical (unpaired) electrons. The van der Waals surface area contributed by atoms with Crippen molar-refractivity contribution in [2.24, 2.45) is 5.41 Å². The summed E-state index contributed by atoms with van der Waals surface area (Å²) in [6, 6.07) is 5.72. The molecule has 1 aromatic carbocycles. The number of nitrogen functional groups attached to an aromatic ring is 1. The molecule has 1 aromatic rings. The van der Waals surface area contributed by atoms with Gasteiger partial charge in [-0.25, -0.2) is 0 Å². The van der Waals surface area contributed by atoms with Gasteiger partial charge in [0.15, 0.2) is 0 Å². The zero-order valence-corrected chi connectivity index (χ0v) is 11.4. The van der Waals surface area contributed by atoms with Crippen LogP contribution in [0.3, 0.4) is 0 Å². The van der Waals surface area contributed by atoms with E-state index in [0.717, 1.165) is 16.9 Å². The highest BCUT2D eigenvalue weighted by Crippen LogP contribution is 2.24. The van der Waals surface area contributed by atoms with Gasteiger partial charge >= 0.3 is 0 Å². The first-order valence-electron chi connectivity index (χ1n) is 5.55. The first-order valence-corrected chi connectivity index (χ1v) is 6.86. The summed E-state index contributed by atoms with van der Waals surface area (Å²) < 4.78 is 12.1. The number of hydrogen-bond acceptors (Lipinski definition) is 2. The van der Waals surface area contributed by atoms with Crippen LogP contribution >= 0.6 is 0 Å². The van der Waals surface area contributed by atoms with E-state index < -0.39 is 10.8 Å². The molecule has 0 spiro atoms. The zero-order valence-electron chi connectivity index (χ0n) is 10.5. The molecule has 2 nitrogen and oxygen atoms in total. The molecule has 0 saturated carbocycles. The van der Waals surface area contributed by atoms with Gasteiger partial charge in [-0.05, 0) is 30.4 Å². The number of para-hydroxylation sites is 1. The number of anilines is 1. The van der Waals surface area contributed by atoms with Gasteiger partial charge in [-0.3, -0.25) is 4.21 Å². The van der Waals surface area contributed by atoms with E-state index >= 15 is 0 Å². The summed E-state index contributed by atoms with van der Waals surface area (Å²) in [7, 11) is -0.977. The summed E-state index contributed by atoms with van der Waals surface area (Å²) in [6.45, 7) is 8.41. The first kappa shape index (κ1) is 13.2. The molecule has 0 saturated heterocycles. The van der Waals surface area contributed by atoms with E-state index in [1.54, 1.807) is 0 Å². The van der Waals surface area contributed by atoms with E-state index in [1.807, 2.05) is 25.1 Å². The standard InChI is InChI=1S/C13H21NOS/c1-10-6-5-7-11(12(10)14)16(15)9-8-13(2,3)4/h5-7H,8-9,14H2,1-4H3. The predicted octanol–water partition coefficient (Wildman–Crippen LogP) is 3.12. The first-order chi connectivity index (χ1) is 7.31. The maximum atomic E-state index is 12.1. The summed E-state index contributed by atoms with van der Waals surface area (Å²) in [5, 5.41) is 0. The van der Waals surface area contributed by atoms with E-state index in [1.165, 1.54) is 0 Å². The fourth-order valence-corrected chi connectivity index (χ4v) is 3.02. The average molecular weight is 239 g/mol. The van der Waals surface area contributed by atoms with E-state index in [9.17, 15) is 4.21 Å². The third-order valence-corrected chi connectivity index (χ3v) is 3.99. The van der Waals surface area contributed by atoms with Crippen molar-refractivity contribution in [3.63, 3.8) is 0 Å². The van der Waals surface area contributed by atoms with Crippen molar-refractivity contribution in [2.45, 2.75) is 39.0 Å². The molecule has 0 aliphatic rings. The summed E-state index contributed by atoms with van der Waals surface area (Å²) >= 11 is 0. The normalized spacial score (nSPS) is 13.8. The molecule has 0 aliphatic carbocycles. The molecular weight excluding hydrogens is 218 g/mol. The Morgan fingerprint density at radius 2 is 1.94 bits per heavy atom. The van der Waals surface area contributed by atoms with E-state index in [-0.39, 0.29) is 5.41 Å². The molecule has 0 heterocycles. The average Bonchev–Trinajstić information content (AvgIpc) is 2.17. The SMILES string of the molecule is Cc1cccc(S(=O)CCC(C)(C)C)c1N. The molecule has 0 aliphatic heterocycles. The van der Waals surface area contributed by atoms with Crippen LogP contribution in [0.2, 0.25) is 0 Å². The van der Waals surface area contributed by atoms with Crippen molar-refractivity contribution >= 4 is 16.5 Å². The van der Waals surface area contributed by atoms with Gasteiger partial charge < -0.3 is 5.73 Å². The second-order valence-electron chi connectivity index (χ2n) is 5.35. The van der Waals surface area contributed by atoms with Crippen LogP contribution in [0, 0.1) is 12.3 Å². The number of hydrogen-bond donors (Lipinski definition) is 1. The molecule has 1 atom stereocenters. The topological polar surface area (TPSA) is 43.1 Å². The fraction of sp³-hybridized carbons (Fsp3) is 0.538. The Morgan fingerprint density at radius 3 is 2.50 bits per heavy atom. The van der Waals surface area contributed by atoms with Crippen LogP contribution in [0.15, 0.2) is 23.1 Å². The van der Waals surface area contributed by atoms with Crippen molar-refractivity contribution < 1.29 is 4.21 Å². The third kappa shape index (κ3) is 3.63. The van der Waals surface area contributed by atoms with Gasteiger partial charge in [0, 0.05) is 5.75 Å². The lowest BCUT2D eigenvalue weighted by Crippen LogP contribution is -2.12. The van der Waals surface area contributed by atoms with Crippen LogP contribution in [-0.2, 0) is 10.8 Å². The van der Waals surface area contributed by atoms with Crippen LogP contribution in [0.4, 0.5) is 5.69 Å². The van der Waals surface area contributed by atoms with Gasteiger partial charge in [0.1, 0.15) is 0 Å². The lowest BCUT2D eigenvalue weighted by molar-refractivity contribution is 0.400. The fourth-order valence-electron chi connectivity index (χ4n) is 1.36. The summed E-state index contributed by atoms with van der Waals surface area (Å²) in [4.78, 5) is 0.782. The number of benzene rings is 1. The Balaban J connectivity index is 2.78. The van der Waals surface area contributed by atoms with Crippen LogP contribution in [-0.4, -0.2) is 9.96 Å². The van der Waals surface area contributed by atoms with Gasteiger partial charge in [0.05, 0.1) is 21.4 Å². The Kier molecular flexibility index (Phi) is 4.14. The van der Waals surface area contributed by atoms with Crippen LogP contribution < -0.4 is 5.73 Å². The van der Waals surface area contributed by atoms with Crippen LogP contribution in [0.5, 0.6) is 0 Å². The third-order valence-electron chi connectivity index (χ3n) is 2.57. The van der Waals surface area contributed by atoms with Crippen molar-refractivity contribution in [3.05, 3.63) is 23.8 Å². The Morgan fingerprint density at radius 1 is 1.31 bits per heavy atom. The minimum Gasteiger partial charge on any atom is -0.398 e. The molecule has 0 amide bonds. The number of aryl methyl sites for hydroxylation is 1. The molecule has 16 heavy (non-hydrogen) atoms. The van der Waals surface area contributed by atoms with Gasteiger partial charge in [0.25, 0.3) is 0 Å². The molecule has 1 unspecified atom stereocenters. The van der Waals surface area contributed by atoms with Crippen LogP contribution in [0.25, 0.3) is 0 Å². The highest BCUT2D eigenvalue weighted by Gasteiger charge is 2.15. The van der Waals surface area contributed by atoms with Gasteiger partial charge in [-0.15, -0.1) is 0 Å². The quantitative estimate of drug-likeness (QED) is 0.824. The highest BCUT2D eigenvalue weighted by atomic mass is 32.2. The van der Waals surface area contributed by atoms with Gasteiger partial charge in [-0.2, -0.15) is 0 Å². The summed E-state index contributed by atoms with van der Waals surface area (Å²) in [5.41, 5.74) is 7.82. The lowest BCUT2D eigenvalue weighted by atomic mass is 9.94.